The molecule has 2 aromatic carbocycles. The summed E-state index contributed by atoms with van der Waals surface area (Å²) in [4.78, 5) is 12.7. The first-order chi connectivity index (χ1) is 12.6. The first-order valence-electron chi connectivity index (χ1n) is 8.32. The number of carbonyl (C=O) groups excluding carboxylic acids is 1. The van der Waals surface area contributed by atoms with E-state index in [2.05, 4.69) is 5.32 Å². The zero-order chi connectivity index (χ0) is 20.2. The molecule has 0 spiro atoms. The van der Waals surface area contributed by atoms with Gasteiger partial charge >= 0.3 is 0 Å². The van der Waals surface area contributed by atoms with Gasteiger partial charge in [0.05, 0.1) is 25.1 Å². The summed E-state index contributed by atoms with van der Waals surface area (Å²) in [6.45, 7) is 3.29. The van der Waals surface area contributed by atoms with Crippen LogP contribution in [0.25, 0.3) is 0 Å². The number of anilines is 1. The number of carbonyl (C=O) groups is 1. The molecule has 2 atom stereocenters. The predicted molar refractivity (Wildman–Crippen MR) is 103 cm³/mol. The molecule has 0 fully saturated rings. The first kappa shape index (κ1) is 20.7. The Morgan fingerprint density at radius 2 is 1.63 bits per heavy atom. The highest BCUT2D eigenvalue weighted by Crippen LogP contribution is 2.22. The Hall–Kier alpha value is -2.61. The normalized spacial score (nSPS) is 13.5. The Bertz CT molecular complexity index is 883. The summed E-state index contributed by atoms with van der Waals surface area (Å²) in [5.41, 5.74) is 1.07. The van der Waals surface area contributed by atoms with Crippen LogP contribution in [0.4, 0.5) is 10.1 Å². The van der Waals surface area contributed by atoms with Crippen LogP contribution in [0, 0.1) is 5.82 Å². The number of hydrogen-bond donors (Lipinski definition) is 1. The average Bonchev–Trinajstić information content (AvgIpc) is 2.62. The number of hydrogen-bond acceptors (Lipinski definition) is 4. The lowest BCUT2D eigenvalue weighted by Crippen LogP contribution is -2.48. The van der Waals surface area contributed by atoms with Gasteiger partial charge < -0.3 is 10.1 Å². The van der Waals surface area contributed by atoms with Gasteiger partial charge in [0.2, 0.25) is 15.9 Å². The van der Waals surface area contributed by atoms with Crippen molar-refractivity contribution in [2.75, 3.05) is 17.7 Å². The number of rotatable bonds is 7. The SMILES string of the molecule is COc1ccc([C@H](C)NC(=O)[C@@H](C)N(c2ccc(F)cc2)S(C)(=O)=O)cc1. The minimum atomic E-state index is -3.75. The number of ether oxygens (including phenoxy) is 1. The molecule has 0 aliphatic rings. The summed E-state index contributed by atoms with van der Waals surface area (Å²) in [5.74, 6) is -0.254. The van der Waals surface area contributed by atoms with Crippen LogP contribution in [-0.4, -0.2) is 33.7 Å². The second-order valence-corrected chi connectivity index (χ2v) is 8.07. The van der Waals surface area contributed by atoms with Gasteiger partial charge in [0.25, 0.3) is 0 Å². The fourth-order valence-corrected chi connectivity index (χ4v) is 3.88. The lowest BCUT2D eigenvalue weighted by atomic mass is 10.1. The Morgan fingerprint density at radius 1 is 1.07 bits per heavy atom. The lowest BCUT2D eigenvalue weighted by molar-refractivity contribution is -0.122. The Labute approximate surface area is 159 Å². The summed E-state index contributed by atoms with van der Waals surface area (Å²) >= 11 is 0. The Balaban J connectivity index is 2.20. The van der Waals surface area contributed by atoms with Gasteiger partial charge in [-0.25, -0.2) is 12.8 Å². The zero-order valence-corrected chi connectivity index (χ0v) is 16.5. The van der Waals surface area contributed by atoms with Gasteiger partial charge in [0.1, 0.15) is 17.6 Å². The van der Waals surface area contributed by atoms with Gasteiger partial charge in [-0.2, -0.15) is 0 Å². The summed E-state index contributed by atoms with van der Waals surface area (Å²) in [6.07, 6.45) is 1.01. The van der Waals surface area contributed by atoms with Gasteiger partial charge in [-0.05, 0) is 55.8 Å². The fourth-order valence-electron chi connectivity index (χ4n) is 2.71. The summed E-state index contributed by atoms with van der Waals surface area (Å²) < 4.78 is 43.7. The molecule has 0 saturated carbocycles. The quantitative estimate of drug-likeness (QED) is 0.784. The highest BCUT2D eigenvalue weighted by molar-refractivity contribution is 7.92. The van der Waals surface area contributed by atoms with Crippen LogP contribution in [0.3, 0.4) is 0 Å². The van der Waals surface area contributed by atoms with Crippen molar-refractivity contribution in [1.29, 1.82) is 0 Å². The van der Waals surface area contributed by atoms with Crippen LogP contribution in [0.5, 0.6) is 5.75 Å². The summed E-state index contributed by atoms with van der Waals surface area (Å²) in [5, 5.41) is 2.81. The van der Waals surface area contributed by atoms with E-state index in [0.717, 1.165) is 28.3 Å². The third-order valence-electron chi connectivity index (χ3n) is 4.14. The highest BCUT2D eigenvalue weighted by atomic mass is 32.2. The molecule has 0 heterocycles. The molecular formula is C19H23FN2O4S. The molecule has 1 N–H and O–H groups in total. The van der Waals surface area contributed by atoms with E-state index in [4.69, 9.17) is 4.74 Å². The number of methoxy groups -OCH3 is 1. The van der Waals surface area contributed by atoms with Crippen LogP contribution >= 0.6 is 0 Å². The van der Waals surface area contributed by atoms with E-state index in [1.807, 2.05) is 12.1 Å². The second-order valence-electron chi connectivity index (χ2n) is 6.21. The smallest absolute Gasteiger partial charge is 0.244 e. The highest BCUT2D eigenvalue weighted by Gasteiger charge is 2.29. The molecule has 2 rings (SSSR count). The minimum Gasteiger partial charge on any atom is -0.497 e. The molecule has 0 bridgehead atoms. The molecule has 1 amide bonds. The van der Waals surface area contributed by atoms with E-state index in [1.54, 1.807) is 26.2 Å². The van der Waals surface area contributed by atoms with E-state index in [9.17, 15) is 17.6 Å². The van der Waals surface area contributed by atoms with E-state index in [1.165, 1.54) is 19.1 Å². The largest absolute Gasteiger partial charge is 0.497 e. The molecule has 0 saturated heterocycles. The van der Waals surface area contributed by atoms with Crippen molar-refractivity contribution in [3.8, 4) is 5.75 Å². The maximum absolute atomic E-state index is 13.2. The second kappa shape index (κ2) is 8.39. The van der Waals surface area contributed by atoms with Gasteiger partial charge in [-0.3, -0.25) is 9.10 Å². The molecule has 0 unspecified atom stereocenters. The van der Waals surface area contributed by atoms with Gasteiger partial charge in [0, 0.05) is 0 Å². The van der Waals surface area contributed by atoms with Crippen molar-refractivity contribution in [2.24, 2.45) is 0 Å². The van der Waals surface area contributed by atoms with Crippen molar-refractivity contribution < 1.29 is 22.3 Å². The van der Waals surface area contributed by atoms with Crippen molar-refractivity contribution in [3.05, 3.63) is 59.9 Å². The molecule has 0 aliphatic carbocycles. The van der Waals surface area contributed by atoms with E-state index in [-0.39, 0.29) is 11.7 Å². The average molecular weight is 394 g/mol. The van der Waals surface area contributed by atoms with Gasteiger partial charge in [-0.15, -0.1) is 0 Å². The number of nitrogens with zero attached hydrogens (tertiary/aromatic N) is 1. The maximum atomic E-state index is 13.2. The number of halogens is 1. The predicted octanol–water partition coefficient (Wildman–Crippen LogP) is 2.87. The number of sulfonamides is 1. The van der Waals surface area contributed by atoms with Crippen LogP contribution in [0.1, 0.15) is 25.5 Å². The molecule has 6 nitrogen and oxygen atoms in total. The summed E-state index contributed by atoms with van der Waals surface area (Å²) in [6, 6.07) is 10.8. The monoisotopic (exact) mass is 394 g/mol. The maximum Gasteiger partial charge on any atom is 0.244 e. The molecule has 0 aromatic heterocycles. The molecule has 0 radical (unpaired) electrons. The zero-order valence-electron chi connectivity index (χ0n) is 15.6. The molecule has 27 heavy (non-hydrogen) atoms. The van der Waals surface area contributed by atoms with Crippen LogP contribution in [-0.2, 0) is 14.8 Å². The summed E-state index contributed by atoms with van der Waals surface area (Å²) in [7, 11) is -2.18. The standard InChI is InChI=1S/C19H23FN2O4S/c1-13(15-5-11-18(26-3)12-6-15)21-19(23)14(2)22(27(4,24)25)17-9-7-16(20)8-10-17/h5-14H,1-4H3,(H,21,23)/t13-,14+/m0/s1. The topological polar surface area (TPSA) is 75.7 Å². The van der Waals surface area contributed by atoms with E-state index in [0.29, 0.717) is 5.75 Å². The third kappa shape index (κ3) is 5.19. The molecule has 146 valence electrons. The number of amides is 1. The van der Waals surface area contributed by atoms with Gasteiger partial charge in [0.15, 0.2) is 0 Å². The van der Waals surface area contributed by atoms with Crippen molar-refractivity contribution in [2.45, 2.75) is 25.9 Å². The molecule has 2 aromatic rings. The molecule has 8 heteroatoms. The van der Waals surface area contributed by atoms with Crippen LogP contribution in [0.15, 0.2) is 48.5 Å². The van der Waals surface area contributed by atoms with Crippen molar-refractivity contribution in [1.82, 2.24) is 5.32 Å². The number of nitrogens with one attached hydrogen (secondary N) is 1. The molecular weight excluding hydrogens is 371 g/mol. The third-order valence-corrected chi connectivity index (χ3v) is 5.39. The van der Waals surface area contributed by atoms with Crippen molar-refractivity contribution in [3.63, 3.8) is 0 Å². The Kier molecular flexibility index (Phi) is 6.43. The van der Waals surface area contributed by atoms with E-state index >= 15 is 0 Å². The van der Waals surface area contributed by atoms with Crippen molar-refractivity contribution >= 4 is 21.6 Å². The molecule has 0 aliphatic heterocycles. The van der Waals surface area contributed by atoms with Crippen LogP contribution < -0.4 is 14.4 Å². The van der Waals surface area contributed by atoms with E-state index < -0.39 is 27.8 Å². The lowest BCUT2D eigenvalue weighted by Gasteiger charge is -2.29. The fraction of sp³-hybridized carbons (Fsp3) is 0.316. The van der Waals surface area contributed by atoms with Gasteiger partial charge in [-0.1, -0.05) is 12.1 Å². The minimum absolute atomic E-state index is 0.221. The first-order valence-corrected chi connectivity index (χ1v) is 10.2. The number of benzene rings is 2. The Morgan fingerprint density at radius 3 is 2.11 bits per heavy atom. The van der Waals surface area contributed by atoms with Crippen LogP contribution in [0.2, 0.25) is 0 Å².